The maximum atomic E-state index is 6.01. The van der Waals surface area contributed by atoms with E-state index in [-0.39, 0.29) is 0 Å². The van der Waals surface area contributed by atoms with Crippen molar-refractivity contribution < 1.29 is 0 Å². The fourth-order valence-electron chi connectivity index (χ4n) is 2.55. The van der Waals surface area contributed by atoms with E-state index in [0.29, 0.717) is 27.3 Å². The second kappa shape index (κ2) is 3.65. The Labute approximate surface area is 101 Å². The average Bonchev–Trinajstić information content (AvgIpc) is 2.73. The Bertz CT molecular complexity index is 387. The minimum atomic E-state index is 0.298. The summed E-state index contributed by atoms with van der Waals surface area (Å²) >= 11 is 11.9. The Morgan fingerprint density at radius 1 is 1.27 bits per heavy atom. The van der Waals surface area contributed by atoms with Gasteiger partial charge in [0.25, 0.3) is 0 Å². The van der Waals surface area contributed by atoms with Gasteiger partial charge in [-0.2, -0.15) is 0 Å². The fourth-order valence-corrected chi connectivity index (χ4v) is 2.86. The van der Waals surface area contributed by atoms with Gasteiger partial charge < -0.3 is 5.73 Å². The van der Waals surface area contributed by atoms with Crippen LogP contribution in [0, 0.1) is 11.3 Å². The van der Waals surface area contributed by atoms with Gasteiger partial charge in [0.1, 0.15) is 0 Å². The number of benzene rings is 1. The first-order valence-electron chi connectivity index (χ1n) is 5.13. The van der Waals surface area contributed by atoms with E-state index < -0.39 is 0 Å². The molecule has 0 aliphatic heterocycles. The molecule has 82 valence electrons. The van der Waals surface area contributed by atoms with E-state index >= 15 is 0 Å². The lowest BCUT2D eigenvalue weighted by molar-refractivity contribution is 0.558. The van der Waals surface area contributed by atoms with Crippen LogP contribution < -0.4 is 5.73 Å². The van der Waals surface area contributed by atoms with Gasteiger partial charge >= 0.3 is 0 Å². The standard InChI is InChI=1S/C12H15Cl2N/c1-12(2)8(6-15)11(12)7-3-4-9(13)10(14)5-7/h3-5,8,11H,6,15H2,1-2H3/t8-,11-/m0/s1. The number of rotatable bonds is 2. The molecule has 0 radical (unpaired) electrons. The highest BCUT2D eigenvalue weighted by Gasteiger charge is 2.57. The van der Waals surface area contributed by atoms with Crippen LogP contribution in [-0.4, -0.2) is 6.54 Å². The van der Waals surface area contributed by atoms with Gasteiger partial charge in [-0.05, 0) is 41.5 Å². The van der Waals surface area contributed by atoms with Crippen LogP contribution in [0.3, 0.4) is 0 Å². The second-order valence-electron chi connectivity index (χ2n) is 4.81. The Morgan fingerprint density at radius 3 is 2.40 bits per heavy atom. The van der Waals surface area contributed by atoms with Crippen molar-refractivity contribution in [2.24, 2.45) is 17.1 Å². The molecule has 2 atom stereocenters. The zero-order valence-electron chi connectivity index (χ0n) is 8.93. The number of hydrogen-bond donors (Lipinski definition) is 1. The molecule has 2 rings (SSSR count). The van der Waals surface area contributed by atoms with E-state index in [1.165, 1.54) is 5.56 Å². The zero-order valence-corrected chi connectivity index (χ0v) is 10.4. The normalized spacial score (nSPS) is 27.8. The van der Waals surface area contributed by atoms with Crippen LogP contribution in [0.4, 0.5) is 0 Å². The summed E-state index contributed by atoms with van der Waals surface area (Å²) in [6.45, 7) is 5.23. The average molecular weight is 244 g/mol. The van der Waals surface area contributed by atoms with Gasteiger partial charge in [0.15, 0.2) is 0 Å². The third-order valence-electron chi connectivity index (χ3n) is 3.61. The van der Waals surface area contributed by atoms with Crippen molar-refractivity contribution in [2.45, 2.75) is 19.8 Å². The summed E-state index contributed by atoms with van der Waals surface area (Å²) in [6, 6.07) is 5.88. The largest absolute Gasteiger partial charge is 0.330 e. The molecular formula is C12H15Cl2N. The van der Waals surface area contributed by atoms with Crippen molar-refractivity contribution in [2.75, 3.05) is 6.54 Å². The summed E-state index contributed by atoms with van der Waals surface area (Å²) < 4.78 is 0. The molecule has 2 N–H and O–H groups in total. The van der Waals surface area contributed by atoms with E-state index in [4.69, 9.17) is 28.9 Å². The first-order valence-corrected chi connectivity index (χ1v) is 5.89. The van der Waals surface area contributed by atoms with Crippen LogP contribution in [0.1, 0.15) is 25.3 Å². The SMILES string of the molecule is CC1(C)[C@@H](CN)[C@@H]1c1ccc(Cl)c(Cl)c1. The van der Waals surface area contributed by atoms with Crippen molar-refractivity contribution in [1.29, 1.82) is 0 Å². The molecule has 0 bridgehead atoms. The Balaban J connectivity index is 2.29. The molecule has 0 spiro atoms. The van der Waals surface area contributed by atoms with Crippen molar-refractivity contribution in [3.8, 4) is 0 Å². The summed E-state index contributed by atoms with van der Waals surface area (Å²) in [5, 5.41) is 1.25. The molecule has 1 saturated carbocycles. The Hall–Kier alpha value is -0.240. The van der Waals surface area contributed by atoms with Crippen LogP contribution in [0.2, 0.25) is 10.0 Å². The molecule has 0 amide bonds. The lowest BCUT2D eigenvalue weighted by Gasteiger charge is -2.04. The maximum Gasteiger partial charge on any atom is 0.0595 e. The van der Waals surface area contributed by atoms with Gasteiger partial charge in [-0.15, -0.1) is 0 Å². The smallest absolute Gasteiger partial charge is 0.0595 e. The zero-order chi connectivity index (χ0) is 11.2. The highest BCUT2D eigenvalue weighted by atomic mass is 35.5. The van der Waals surface area contributed by atoms with Crippen molar-refractivity contribution in [1.82, 2.24) is 0 Å². The number of nitrogens with two attached hydrogens (primary N) is 1. The van der Waals surface area contributed by atoms with E-state index in [9.17, 15) is 0 Å². The molecule has 1 aliphatic carbocycles. The lowest BCUT2D eigenvalue weighted by atomic mass is 10.0. The molecule has 0 aromatic heterocycles. The van der Waals surface area contributed by atoms with Crippen LogP contribution >= 0.6 is 23.2 Å². The van der Waals surface area contributed by atoms with Crippen molar-refractivity contribution in [3.05, 3.63) is 33.8 Å². The van der Waals surface area contributed by atoms with Crippen LogP contribution in [0.15, 0.2) is 18.2 Å². The van der Waals surface area contributed by atoms with Crippen molar-refractivity contribution >= 4 is 23.2 Å². The third kappa shape index (κ3) is 1.77. The highest BCUT2D eigenvalue weighted by Crippen LogP contribution is 2.64. The fraction of sp³-hybridized carbons (Fsp3) is 0.500. The molecule has 15 heavy (non-hydrogen) atoms. The third-order valence-corrected chi connectivity index (χ3v) is 4.35. The predicted octanol–water partition coefficient (Wildman–Crippen LogP) is 3.69. The summed E-state index contributed by atoms with van der Waals surface area (Å²) in [5.74, 6) is 1.09. The minimum Gasteiger partial charge on any atom is -0.330 e. The van der Waals surface area contributed by atoms with Crippen molar-refractivity contribution in [3.63, 3.8) is 0 Å². The van der Waals surface area contributed by atoms with E-state index in [1.807, 2.05) is 12.1 Å². The minimum absolute atomic E-state index is 0.298. The van der Waals surface area contributed by atoms with E-state index in [2.05, 4.69) is 19.9 Å². The number of hydrogen-bond acceptors (Lipinski definition) is 1. The maximum absolute atomic E-state index is 6.01. The molecule has 1 aromatic rings. The van der Waals surface area contributed by atoms with Gasteiger partial charge in [-0.1, -0.05) is 43.1 Å². The summed E-state index contributed by atoms with van der Waals surface area (Å²) in [5.41, 5.74) is 7.30. The van der Waals surface area contributed by atoms with E-state index in [1.54, 1.807) is 0 Å². The van der Waals surface area contributed by atoms with Gasteiger partial charge in [0, 0.05) is 0 Å². The lowest BCUT2D eigenvalue weighted by Crippen LogP contribution is -2.05. The van der Waals surface area contributed by atoms with Crippen LogP contribution in [0.5, 0.6) is 0 Å². The molecule has 1 nitrogen and oxygen atoms in total. The molecule has 1 aliphatic rings. The molecule has 0 unspecified atom stereocenters. The molecule has 0 saturated heterocycles. The highest BCUT2D eigenvalue weighted by molar-refractivity contribution is 6.42. The Kier molecular flexibility index (Phi) is 2.74. The van der Waals surface area contributed by atoms with Gasteiger partial charge in [0.2, 0.25) is 0 Å². The van der Waals surface area contributed by atoms with E-state index in [0.717, 1.165) is 6.54 Å². The van der Waals surface area contributed by atoms with Gasteiger partial charge in [-0.3, -0.25) is 0 Å². The summed E-state index contributed by atoms with van der Waals surface area (Å²) in [4.78, 5) is 0. The second-order valence-corrected chi connectivity index (χ2v) is 5.63. The predicted molar refractivity (Wildman–Crippen MR) is 65.5 cm³/mol. The molecule has 0 heterocycles. The first-order chi connectivity index (χ1) is 6.98. The molecule has 3 heteroatoms. The van der Waals surface area contributed by atoms with Gasteiger partial charge in [-0.25, -0.2) is 0 Å². The topological polar surface area (TPSA) is 26.0 Å². The molecule has 1 fully saturated rings. The number of halogens is 2. The first kappa shape index (κ1) is 11.3. The molecular weight excluding hydrogens is 229 g/mol. The quantitative estimate of drug-likeness (QED) is 0.843. The molecule has 1 aromatic carbocycles. The summed E-state index contributed by atoms with van der Waals surface area (Å²) in [7, 11) is 0. The van der Waals surface area contributed by atoms with Crippen LogP contribution in [-0.2, 0) is 0 Å². The summed E-state index contributed by atoms with van der Waals surface area (Å²) in [6.07, 6.45) is 0. The Morgan fingerprint density at radius 2 is 1.93 bits per heavy atom. The van der Waals surface area contributed by atoms with Gasteiger partial charge in [0.05, 0.1) is 10.0 Å². The monoisotopic (exact) mass is 243 g/mol. The van der Waals surface area contributed by atoms with Crippen LogP contribution in [0.25, 0.3) is 0 Å².